The van der Waals surface area contributed by atoms with Gasteiger partial charge in [0.1, 0.15) is 6.04 Å². The van der Waals surface area contributed by atoms with Crippen LogP contribution in [-0.4, -0.2) is 34.7 Å². The van der Waals surface area contributed by atoms with Crippen LogP contribution < -0.4 is 5.32 Å². The van der Waals surface area contributed by atoms with E-state index in [0.29, 0.717) is 5.56 Å². The molecule has 0 spiro atoms. The molecule has 0 saturated carbocycles. The van der Waals surface area contributed by atoms with Gasteiger partial charge in [0.05, 0.1) is 11.6 Å². The van der Waals surface area contributed by atoms with Crippen molar-refractivity contribution in [2.75, 3.05) is 6.61 Å². The van der Waals surface area contributed by atoms with E-state index in [9.17, 15) is 9.59 Å². The number of carbonyl (C=O) groups excluding carboxylic acids is 1. The summed E-state index contributed by atoms with van der Waals surface area (Å²) in [7, 11) is 0. The molecule has 6 nitrogen and oxygen atoms in total. The first-order valence-electron chi connectivity index (χ1n) is 5.23. The van der Waals surface area contributed by atoms with Crippen LogP contribution in [0, 0.1) is 11.3 Å². The summed E-state index contributed by atoms with van der Waals surface area (Å²) >= 11 is 0. The molecule has 0 aliphatic heterocycles. The van der Waals surface area contributed by atoms with E-state index in [1.807, 2.05) is 6.07 Å². The number of aliphatic hydroxyl groups is 1. The highest BCUT2D eigenvalue weighted by molar-refractivity contribution is 5.96. The largest absolute Gasteiger partial charge is 0.480 e. The van der Waals surface area contributed by atoms with E-state index in [2.05, 4.69) is 5.32 Å². The standard InChI is InChI=1S/C12H12N2O4/c13-7-8-1-3-9(4-2-8)11(16)14-10(5-6-15)12(17)18/h1-4,10,15H,5-6H2,(H,14,16)(H,17,18)/t10-/m1/s1. The van der Waals surface area contributed by atoms with Gasteiger partial charge in [0.2, 0.25) is 0 Å². The normalized spacial score (nSPS) is 11.3. The van der Waals surface area contributed by atoms with Crippen LogP contribution in [0.4, 0.5) is 0 Å². The third-order valence-corrected chi connectivity index (χ3v) is 2.30. The first-order valence-corrected chi connectivity index (χ1v) is 5.23. The van der Waals surface area contributed by atoms with Gasteiger partial charge in [0.25, 0.3) is 5.91 Å². The number of nitrogens with one attached hydrogen (secondary N) is 1. The molecule has 3 N–H and O–H groups in total. The molecule has 0 radical (unpaired) electrons. The molecule has 1 aromatic carbocycles. The quantitative estimate of drug-likeness (QED) is 0.685. The van der Waals surface area contributed by atoms with Crippen LogP contribution >= 0.6 is 0 Å². The van der Waals surface area contributed by atoms with Crippen molar-refractivity contribution in [3.05, 3.63) is 35.4 Å². The summed E-state index contributed by atoms with van der Waals surface area (Å²) in [5.41, 5.74) is 0.676. The number of nitriles is 1. The number of hydrogen-bond acceptors (Lipinski definition) is 4. The number of hydrogen-bond donors (Lipinski definition) is 3. The van der Waals surface area contributed by atoms with E-state index < -0.39 is 17.9 Å². The van der Waals surface area contributed by atoms with Crippen molar-refractivity contribution in [3.63, 3.8) is 0 Å². The molecule has 0 unspecified atom stereocenters. The van der Waals surface area contributed by atoms with Crippen LogP contribution in [0.25, 0.3) is 0 Å². The molecule has 1 atom stereocenters. The van der Waals surface area contributed by atoms with Gasteiger partial charge in [-0.1, -0.05) is 0 Å². The van der Waals surface area contributed by atoms with E-state index in [0.717, 1.165) is 0 Å². The van der Waals surface area contributed by atoms with Crippen LogP contribution in [0.1, 0.15) is 22.3 Å². The first-order chi connectivity index (χ1) is 8.58. The van der Waals surface area contributed by atoms with Crippen LogP contribution in [0.2, 0.25) is 0 Å². The van der Waals surface area contributed by atoms with Crippen LogP contribution in [0.5, 0.6) is 0 Å². The predicted octanol–water partition coefficient (Wildman–Crippen LogP) is 0.124. The third kappa shape index (κ3) is 3.57. The van der Waals surface area contributed by atoms with Gasteiger partial charge < -0.3 is 15.5 Å². The van der Waals surface area contributed by atoms with E-state index >= 15 is 0 Å². The molecule has 1 rings (SSSR count). The molecule has 18 heavy (non-hydrogen) atoms. The summed E-state index contributed by atoms with van der Waals surface area (Å²) in [5, 5.41) is 28.4. The molecule has 0 aliphatic carbocycles. The van der Waals surface area contributed by atoms with Crippen molar-refractivity contribution in [2.24, 2.45) is 0 Å². The van der Waals surface area contributed by atoms with E-state index in [-0.39, 0.29) is 18.6 Å². The van der Waals surface area contributed by atoms with Crippen LogP contribution in [0.3, 0.4) is 0 Å². The van der Waals surface area contributed by atoms with Gasteiger partial charge >= 0.3 is 5.97 Å². The minimum Gasteiger partial charge on any atom is -0.480 e. The smallest absolute Gasteiger partial charge is 0.326 e. The number of amides is 1. The number of nitrogens with zero attached hydrogens (tertiary/aromatic N) is 1. The average Bonchev–Trinajstić information content (AvgIpc) is 2.38. The average molecular weight is 248 g/mol. The van der Waals surface area contributed by atoms with E-state index in [1.165, 1.54) is 24.3 Å². The highest BCUT2D eigenvalue weighted by Crippen LogP contribution is 2.04. The number of carbonyl (C=O) groups is 2. The van der Waals surface area contributed by atoms with E-state index in [4.69, 9.17) is 15.5 Å². The molecule has 0 heterocycles. The lowest BCUT2D eigenvalue weighted by Crippen LogP contribution is -2.41. The predicted molar refractivity (Wildman–Crippen MR) is 61.7 cm³/mol. The molecule has 0 bridgehead atoms. The van der Waals surface area contributed by atoms with Gasteiger partial charge in [-0.05, 0) is 24.3 Å². The number of carboxylic acids is 1. The topological polar surface area (TPSA) is 110 Å². The first kappa shape index (κ1) is 13.7. The Balaban J connectivity index is 2.74. The number of benzene rings is 1. The zero-order chi connectivity index (χ0) is 13.5. The fourth-order valence-corrected chi connectivity index (χ4v) is 1.32. The van der Waals surface area contributed by atoms with Gasteiger partial charge in [-0.15, -0.1) is 0 Å². The summed E-state index contributed by atoms with van der Waals surface area (Å²) < 4.78 is 0. The minimum absolute atomic E-state index is 0.0582. The molecular weight excluding hydrogens is 236 g/mol. The minimum atomic E-state index is -1.20. The lowest BCUT2D eigenvalue weighted by molar-refractivity contribution is -0.139. The Morgan fingerprint density at radius 2 is 1.94 bits per heavy atom. The fourth-order valence-electron chi connectivity index (χ4n) is 1.32. The Kier molecular flexibility index (Phi) is 4.84. The lowest BCUT2D eigenvalue weighted by atomic mass is 10.1. The maximum Gasteiger partial charge on any atom is 0.326 e. The highest BCUT2D eigenvalue weighted by Gasteiger charge is 2.19. The van der Waals surface area contributed by atoms with Crippen LogP contribution in [-0.2, 0) is 4.79 Å². The molecule has 0 fully saturated rings. The summed E-state index contributed by atoms with van der Waals surface area (Å²) in [6, 6.07) is 6.60. The van der Waals surface area contributed by atoms with E-state index in [1.54, 1.807) is 0 Å². The number of carboxylic acid groups (broad SMARTS) is 1. The second-order valence-electron chi connectivity index (χ2n) is 3.57. The summed E-state index contributed by atoms with van der Waals surface area (Å²) in [6.45, 7) is -0.329. The highest BCUT2D eigenvalue weighted by atomic mass is 16.4. The molecule has 0 aliphatic rings. The third-order valence-electron chi connectivity index (χ3n) is 2.30. The van der Waals surface area contributed by atoms with Gasteiger partial charge in [0, 0.05) is 18.6 Å². The van der Waals surface area contributed by atoms with Crippen molar-refractivity contribution in [1.29, 1.82) is 5.26 Å². The van der Waals surface area contributed by atoms with Gasteiger partial charge in [0.15, 0.2) is 0 Å². The SMILES string of the molecule is N#Cc1ccc(C(=O)N[C@H](CCO)C(=O)O)cc1. The molecule has 1 aromatic rings. The van der Waals surface area contributed by atoms with Gasteiger partial charge in [-0.25, -0.2) is 4.79 Å². The molecular formula is C12H12N2O4. The van der Waals surface area contributed by atoms with Gasteiger partial charge in [-0.2, -0.15) is 5.26 Å². The molecule has 0 aromatic heterocycles. The molecule has 1 amide bonds. The molecule has 94 valence electrons. The van der Waals surface area contributed by atoms with Crippen LogP contribution in [0.15, 0.2) is 24.3 Å². The Labute approximate surface area is 103 Å². The van der Waals surface area contributed by atoms with Crippen molar-refractivity contribution in [3.8, 4) is 6.07 Å². The summed E-state index contributed by atoms with van der Waals surface area (Å²) in [6.07, 6.45) is -0.0582. The number of aliphatic hydroxyl groups excluding tert-OH is 1. The second-order valence-corrected chi connectivity index (χ2v) is 3.57. The maximum atomic E-state index is 11.7. The fraction of sp³-hybridized carbons (Fsp3) is 0.250. The summed E-state index contributed by atoms with van der Waals surface area (Å²) in [4.78, 5) is 22.5. The van der Waals surface area contributed by atoms with Gasteiger partial charge in [-0.3, -0.25) is 4.79 Å². The zero-order valence-corrected chi connectivity index (χ0v) is 9.46. The Morgan fingerprint density at radius 3 is 2.39 bits per heavy atom. The second kappa shape index (κ2) is 6.37. The maximum absolute atomic E-state index is 11.7. The Bertz CT molecular complexity index is 476. The van der Waals surface area contributed by atoms with Crippen molar-refractivity contribution in [2.45, 2.75) is 12.5 Å². The zero-order valence-electron chi connectivity index (χ0n) is 9.46. The van der Waals surface area contributed by atoms with Crippen molar-refractivity contribution in [1.82, 2.24) is 5.32 Å². The van der Waals surface area contributed by atoms with Crippen molar-refractivity contribution < 1.29 is 19.8 Å². The van der Waals surface area contributed by atoms with Crippen molar-refractivity contribution >= 4 is 11.9 Å². The molecule has 6 heteroatoms. The summed E-state index contributed by atoms with van der Waals surface area (Å²) in [5.74, 6) is -1.76. The Morgan fingerprint density at radius 1 is 1.33 bits per heavy atom. The monoisotopic (exact) mass is 248 g/mol. The molecule has 0 saturated heterocycles. The number of aliphatic carboxylic acids is 1. The lowest BCUT2D eigenvalue weighted by Gasteiger charge is -2.13. The number of rotatable bonds is 5. The Hall–Kier alpha value is -2.39.